The van der Waals surface area contributed by atoms with Crippen molar-refractivity contribution in [3.8, 4) is 5.75 Å². The van der Waals surface area contributed by atoms with Crippen molar-refractivity contribution >= 4 is 35.5 Å². The van der Waals surface area contributed by atoms with E-state index in [2.05, 4.69) is 20.6 Å². The fourth-order valence-corrected chi connectivity index (χ4v) is 4.41. The average molecular weight is 542 g/mol. The van der Waals surface area contributed by atoms with E-state index in [9.17, 15) is 19.5 Å². The van der Waals surface area contributed by atoms with Crippen LogP contribution in [0.5, 0.6) is 5.75 Å². The van der Waals surface area contributed by atoms with E-state index in [1.165, 1.54) is 11.9 Å². The summed E-state index contributed by atoms with van der Waals surface area (Å²) in [6.07, 6.45) is 3.24. The second kappa shape index (κ2) is 13.6. The van der Waals surface area contributed by atoms with E-state index in [0.717, 1.165) is 18.4 Å². The number of amides is 3. The molecule has 212 valence electrons. The molecule has 1 aliphatic rings. The molecule has 1 aromatic heterocycles. The van der Waals surface area contributed by atoms with E-state index in [4.69, 9.17) is 4.74 Å². The third-order valence-electron chi connectivity index (χ3n) is 6.55. The summed E-state index contributed by atoms with van der Waals surface area (Å²) >= 11 is 0. The Labute approximate surface area is 229 Å². The molecule has 3 amide bonds. The molecule has 0 radical (unpaired) electrons. The molecule has 1 atom stereocenters. The van der Waals surface area contributed by atoms with Gasteiger partial charge in [-0.05, 0) is 58.2 Å². The van der Waals surface area contributed by atoms with Gasteiger partial charge in [0.05, 0.1) is 6.20 Å². The summed E-state index contributed by atoms with van der Waals surface area (Å²) < 4.78 is 5.45. The van der Waals surface area contributed by atoms with Crippen molar-refractivity contribution in [3.63, 3.8) is 0 Å². The minimum Gasteiger partial charge on any atom is -0.480 e. The largest absolute Gasteiger partial charge is 0.480 e. The quantitative estimate of drug-likeness (QED) is 0.389. The van der Waals surface area contributed by atoms with Gasteiger partial charge in [-0.1, -0.05) is 12.1 Å². The lowest BCUT2D eigenvalue weighted by Crippen LogP contribution is -2.44. The molecule has 0 aliphatic carbocycles. The minimum absolute atomic E-state index is 0.126. The van der Waals surface area contributed by atoms with Gasteiger partial charge in [-0.3, -0.25) is 4.90 Å². The minimum atomic E-state index is -1.08. The standard InChI is InChI=1S/C27H39N7O5/c1-6-32(7-2)25-29-17-22(34(18(3)4)26(37)28-5)23(31-25)30-21(24(35)36)16-19-10-12-20(13-11-19)39-27(38)33-14-8-9-15-33/h10-13,17-18,21H,6-9,14-16H2,1-5H3,(H,28,37)(H,35,36)(H,29,30,31)/t21-/m0/s1. The van der Waals surface area contributed by atoms with Gasteiger partial charge in [0.15, 0.2) is 5.82 Å². The maximum absolute atomic E-state index is 12.7. The SMILES string of the molecule is CCN(CC)c1ncc(N(C(=O)NC)C(C)C)c(N[C@@H](Cc2ccc(OC(=O)N3CCCC3)cc2)C(=O)O)n1. The fraction of sp³-hybridized carbons (Fsp3) is 0.519. The van der Waals surface area contributed by atoms with Crippen LogP contribution in [0.1, 0.15) is 46.1 Å². The topological polar surface area (TPSA) is 140 Å². The van der Waals surface area contributed by atoms with Crippen LogP contribution in [-0.2, 0) is 11.2 Å². The molecule has 1 aliphatic heterocycles. The van der Waals surface area contributed by atoms with Crippen molar-refractivity contribution < 1.29 is 24.2 Å². The second-order valence-electron chi connectivity index (χ2n) is 9.54. The van der Waals surface area contributed by atoms with Gasteiger partial charge in [0.25, 0.3) is 0 Å². The van der Waals surface area contributed by atoms with Crippen LogP contribution in [0.4, 0.5) is 27.0 Å². The number of carbonyl (C=O) groups excluding carboxylic acids is 2. The van der Waals surface area contributed by atoms with E-state index in [0.29, 0.717) is 43.6 Å². The Balaban J connectivity index is 1.86. The van der Waals surface area contributed by atoms with Gasteiger partial charge in [-0.2, -0.15) is 4.98 Å². The highest BCUT2D eigenvalue weighted by molar-refractivity contribution is 5.95. The number of carboxylic acid groups (broad SMARTS) is 1. The number of rotatable bonds is 11. The molecular formula is C27H39N7O5. The lowest BCUT2D eigenvalue weighted by atomic mass is 10.1. The molecule has 1 saturated heterocycles. The zero-order chi connectivity index (χ0) is 28.5. The van der Waals surface area contributed by atoms with Crippen molar-refractivity contribution in [2.24, 2.45) is 0 Å². The molecule has 39 heavy (non-hydrogen) atoms. The number of benzene rings is 1. The molecule has 12 nitrogen and oxygen atoms in total. The van der Waals surface area contributed by atoms with Crippen molar-refractivity contribution in [2.45, 2.75) is 59.0 Å². The number of carboxylic acids is 1. The number of hydrogen-bond acceptors (Lipinski definition) is 8. The smallest absolute Gasteiger partial charge is 0.415 e. The van der Waals surface area contributed by atoms with Crippen LogP contribution in [0.25, 0.3) is 0 Å². The predicted octanol–water partition coefficient (Wildman–Crippen LogP) is 3.58. The first-order valence-electron chi connectivity index (χ1n) is 13.4. The van der Waals surface area contributed by atoms with E-state index in [1.807, 2.05) is 32.6 Å². The van der Waals surface area contributed by atoms with Gasteiger partial charge in [-0.15, -0.1) is 0 Å². The Morgan fingerprint density at radius 2 is 1.74 bits per heavy atom. The van der Waals surface area contributed by atoms with Gasteiger partial charge in [0, 0.05) is 45.7 Å². The summed E-state index contributed by atoms with van der Waals surface area (Å²) in [5, 5.41) is 15.7. The van der Waals surface area contributed by atoms with Gasteiger partial charge < -0.3 is 30.3 Å². The number of aliphatic carboxylic acids is 1. The van der Waals surface area contributed by atoms with E-state index >= 15 is 0 Å². The molecule has 1 fully saturated rings. The van der Waals surface area contributed by atoms with Crippen LogP contribution in [-0.4, -0.2) is 83.4 Å². The third-order valence-corrected chi connectivity index (χ3v) is 6.55. The van der Waals surface area contributed by atoms with E-state index in [-0.39, 0.29) is 30.4 Å². The first kappa shape index (κ1) is 29.5. The van der Waals surface area contributed by atoms with Crippen molar-refractivity contribution in [3.05, 3.63) is 36.0 Å². The number of nitrogens with zero attached hydrogens (tertiary/aromatic N) is 5. The molecular weight excluding hydrogens is 502 g/mol. The monoisotopic (exact) mass is 541 g/mol. The van der Waals surface area contributed by atoms with Crippen LogP contribution >= 0.6 is 0 Å². The number of nitrogens with one attached hydrogen (secondary N) is 2. The average Bonchev–Trinajstić information content (AvgIpc) is 3.46. The highest BCUT2D eigenvalue weighted by Crippen LogP contribution is 2.29. The lowest BCUT2D eigenvalue weighted by molar-refractivity contribution is -0.137. The first-order valence-corrected chi connectivity index (χ1v) is 13.4. The second-order valence-corrected chi connectivity index (χ2v) is 9.54. The lowest BCUT2D eigenvalue weighted by Gasteiger charge is -2.29. The zero-order valence-electron chi connectivity index (χ0n) is 23.3. The van der Waals surface area contributed by atoms with Crippen LogP contribution in [0.3, 0.4) is 0 Å². The van der Waals surface area contributed by atoms with Gasteiger partial charge in [0.2, 0.25) is 5.95 Å². The van der Waals surface area contributed by atoms with Crippen molar-refractivity contribution in [2.75, 3.05) is 48.3 Å². The predicted molar refractivity (Wildman–Crippen MR) is 150 cm³/mol. The summed E-state index contributed by atoms with van der Waals surface area (Å²) in [5.74, 6) is -0.00643. The normalized spacial score (nSPS) is 13.6. The molecule has 1 aromatic carbocycles. The third kappa shape index (κ3) is 7.49. The van der Waals surface area contributed by atoms with Gasteiger partial charge in [-0.25, -0.2) is 19.4 Å². The number of anilines is 3. The summed E-state index contributed by atoms with van der Waals surface area (Å²) in [5.41, 5.74) is 1.10. The summed E-state index contributed by atoms with van der Waals surface area (Å²) in [6.45, 7) is 10.4. The van der Waals surface area contributed by atoms with Gasteiger partial charge >= 0.3 is 18.1 Å². The molecule has 0 bridgehead atoms. The summed E-state index contributed by atoms with van der Waals surface area (Å²) in [4.78, 5) is 51.5. The summed E-state index contributed by atoms with van der Waals surface area (Å²) in [6, 6.07) is 5.12. The molecule has 2 aromatic rings. The molecule has 3 rings (SSSR count). The Bertz CT molecular complexity index is 1130. The maximum atomic E-state index is 12.7. The van der Waals surface area contributed by atoms with Crippen LogP contribution in [0.15, 0.2) is 30.5 Å². The van der Waals surface area contributed by atoms with Gasteiger partial charge in [0.1, 0.15) is 17.5 Å². The van der Waals surface area contributed by atoms with Crippen molar-refractivity contribution in [1.82, 2.24) is 20.2 Å². The van der Waals surface area contributed by atoms with E-state index < -0.39 is 12.0 Å². The Hall–Kier alpha value is -4.09. The number of ether oxygens (including phenoxy) is 1. The Kier molecular flexibility index (Phi) is 10.3. The van der Waals surface area contributed by atoms with E-state index in [1.54, 1.807) is 35.4 Å². The highest BCUT2D eigenvalue weighted by atomic mass is 16.6. The summed E-state index contributed by atoms with van der Waals surface area (Å²) in [7, 11) is 1.53. The molecule has 3 N–H and O–H groups in total. The molecule has 0 unspecified atom stereocenters. The molecule has 2 heterocycles. The number of likely N-dealkylation sites (tertiary alicyclic amines) is 1. The highest BCUT2D eigenvalue weighted by Gasteiger charge is 2.27. The fourth-order valence-electron chi connectivity index (χ4n) is 4.41. The number of hydrogen-bond donors (Lipinski definition) is 3. The van der Waals surface area contributed by atoms with Crippen LogP contribution < -0.4 is 25.2 Å². The molecule has 0 saturated carbocycles. The Morgan fingerprint density at radius 3 is 2.28 bits per heavy atom. The van der Waals surface area contributed by atoms with Crippen molar-refractivity contribution in [1.29, 1.82) is 0 Å². The van der Waals surface area contributed by atoms with Crippen LogP contribution in [0, 0.1) is 0 Å². The maximum Gasteiger partial charge on any atom is 0.415 e. The number of carbonyl (C=O) groups is 3. The number of urea groups is 1. The first-order chi connectivity index (χ1) is 18.7. The van der Waals surface area contributed by atoms with Crippen LogP contribution in [0.2, 0.25) is 0 Å². The Morgan fingerprint density at radius 1 is 1.10 bits per heavy atom. The molecule has 0 spiro atoms. The number of aromatic nitrogens is 2. The molecule has 12 heteroatoms. The zero-order valence-corrected chi connectivity index (χ0v) is 23.3.